The first-order valence-corrected chi connectivity index (χ1v) is 9.35. The summed E-state index contributed by atoms with van der Waals surface area (Å²) in [4.78, 5) is 23.7. The van der Waals surface area contributed by atoms with Gasteiger partial charge in [0.15, 0.2) is 0 Å². The van der Waals surface area contributed by atoms with E-state index in [9.17, 15) is 9.59 Å². The molecule has 0 N–H and O–H groups in total. The number of rotatable bonds is 12. The molecule has 0 aromatic rings. The molecule has 0 spiro atoms. The van der Waals surface area contributed by atoms with Crippen LogP contribution in [-0.4, -0.2) is 17.9 Å². The van der Waals surface area contributed by atoms with E-state index in [2.05, 4.69) is 34.6 Å². The highest BCUT2D eigenvalue weighted by atomic mass is 16.5. The largest absolute Gasteiger partial charge is 0.462 e. The number of hydrogen-bond acceptors (Lipinski definition) is 3. The summed E-state index contributed by atoms with van der Waals surface area (Å²) in [6.45, 7) is 14.8. The molecule has 3 heteroatoms. The molecule has 0 aliphatic carbocycles. The number of Topliss-reactive ketones (excluding diaryl/α,β-unsaturated/α-hetero) is 1. The van der Waals surface area contributed by atoms with Crippen molar-refractivity contribution in [3.63, 3.8) is 0 Å². The van der Waals surface area contributed by atoms with Gasteiger partial charge in [-0.1, -0.05) is 48.5 Å². The molecule has 0 aliphatic rings. The summed E-state index contributed by atoms with van der Waals surface area (Å²) in [5.74, 6) is 1.74. The van der Waals surface area contributed by atoms with Crippen LogP contribution >= 0.6 is 0 Å². The van der Waals surface area contributed by atoms with Crippen LogP contribution in [0.1, 0.15) is 87.0 Å². The standard InChI is InChI=1S/C20H38O3/c1-14(2)11-12-19(17(7)13-15(3)4)23-20(22)10-8-9-18(21)16(5)6/h14-17,19H,8-13H2,1-7H3. The Morgan fingerprint density at radius 1 is 0.826 bits per heavy atom. The van der Waals surface area contributed by atoms with Crippen LogP contribution in [0.2, 0.25) is 0 Å². The molecule has 0 radical (unpaired) electrons. The second kappa shape index (κ2) is 11.6. The lowest BCUT2D eigenvalue weighted by Crippen LogP contribution is -2.27. The Kier molecular flexibility index (Phi) is 11.2. The van der Waals surface area contributed by atoms with E-state index in [1.807, 2.05) is 13.8 Å². The molecular weight excluding hydrogens is 288 g/mol. The molecule has 0 bridgehead atoms. The summed E-state index contributed by atoms with van der Waals surface area (Å²) in [5, 5.41) is 0. The average molecular weight is 327 g/mol. The number of hydrogen-bond donors (Lipinski definition) is 0. The number of esters is 1. The molecular formula is C20H38O3. The van der Waals surface area contributed by atoms with Crippen LogP contribution in [0.4, 0.5) is 0 Å². The number of ketones is 1. The molecule has 0 saturated heterocycles. The van der Waals surface area contributed by atoms with Gasteiger partial charge in [-0.25, -0.2) is 0 Å². The molecule has 2 atom stereocenters. The van der Waals surface area contributed by atoms with Crippen molar-refractivity contribution >= 4 is 11.8 Å². The van der Waals surface area contributed by atoms with Crippen LogP contribution in [0.25, 0.3) is 0 Å². The minimum atomic E-state index is -0.147. The number of carbonyl (C=O) groups is 2. The zero-order valence-electron chi connectivity index (χ0n) is 16.4. The monoisotopic (exact) mass is 326 g/mol. The normalized spacial score (nSPS) is 14.3. The van der Waals surface area contributed by atoms with Crippen molar-refractivity contribution in [3.05, 3.63) is 0 Å². The van der Waals surface area contributed by atoms with Crippen molar-refractivity contribution in [2.24, 2.45) is 23.7 Å². The lowest BCUT2D eigenvalue weighted by Gasteiger charge is -2.26. The Morgan fingerprint density at radius 2 is 1.43 bits per heavy atom. The Morgan fingerprint density at radius 3 is 1.91 bits per heavy atom. The minimum absolute atomic E-state index is 0.00750. The van der Waals surface area contributed by atoms with E-state index in [-0.39, 0.29) is 23.8 Å². The average Bonchev–Trinajstić information content (AvgIpc) is 2.41. The van der Waals surface area contributed by atoms with Gasteiger partial charge in [-0.2, -0.15) is 0 Å². The van der Waals surface area contributed by atoms with Crippen LogP contribution in [0, 0.1) is 23.7 Å². The van der Waals surface area contributed by atoms with E-state index in [0.29, 0.717) is 37.0 Å². The van der Waals surface area contributed by atoms with Crippen molar-refractivity contribution in [1.82, 2.24) is 0 Å². The molecule has 2 unspecified atom stereocenters. The first-order valence-electron chi connectivity index (χ1n) is 9.35. The van der Waals surface area contributed by atoms with Gasteiger partial charge < -0.3 is 4.74 Å². The highest BCUT2D eigenvalue weighted by Gasteiger charge is 2.22. The predicted octanol–water partition coefficient (Wildman–Crippen LogP) is 5.41. The number of carbonyl (C=O) groups excluding carboxylic acids is 2. The Labute approximate surface area is 143 Å². The fraction of sp³-hybridized carbons (Fsp3) is 0.900. The van der Waals surface area contributed by atoms with E-state index in [1.165, 1.54) is 0 Å². The van der Waals surface area contributed by atoms with E-state index in [4.69, 9.17) is 4.74 Å². The van der Waals surface area contributed by atoms with Gasteiger partial charge in [0.05, 0.1) is 0 Å². The third-order valence-corrected chi connectivity index (χ3v) is 4.24. The molecule has 23 heavy (non-hydrogen) atoms. The minimum Gasteiger partial charge on any atom is -0.462 e. The van der Waals surface area contributed by atoms with Gasteiger partial charge in [0, 0.05) is 18.8 Å². The van der Waals surface area contributed by atoms with Gasteiger partial charge in [0.25, 0.3) is 0 Å². The maximum atomic E-state index is 12.1. The van der Waals surface area contributed by atoms with Gasteiger partial charge in [0.2, 0.25) is 0 Å². The molecule has 0 rings (SSSR count). The molecule has 0 aromatic carbocycles. The number of ether oxygens (including phenoxy) is 1. The topological polar surface area (TPSA) is 43.4 Å². The molecule has 0 aliphatic heterocycles. The molecule has 0 heterocycles. The van der Waals surface area contributed by atoms with Gasteiger partial charge in [-0.15, -0.1) is 0 Å². The van der Waals surface area contributed by atoms with E-state index >= 15 is 0 Å². The fourth-order valence-electron chi connectivity index (χ4n) is 2.78. The van der Waals surface area contributed by atoms with Crippen molar-refractivity contribution in [2.75, 3.05) is 0 Å². The van der Waals surface area contributed by atoms with Crippen LogP contribution in [0.15, 0.2) is 0 Å². The van der Waals surface area contributed by atoms with E-state index in [0.717, 1.165) is 19.3 Å². The zero-order valence-corrected chi connectivity index (χ0v) is 16.4. The Balaban J connectivity index is 4.38. The Hall–Kier alpha value is -0.860. The highest BCUT2D eigenvalue weighted by Crippen LogP contribution is 2.23. The summed E-state index contributed by atoms with van der Waals surface area (Å²) in [6.07, 6.45) is 4.52. The molecule has 3 nitrogen and oxygen atoms in total. The first kappa shape index (κ1) is 22.1. The molecule has 0 aromatic heterocycles. The quantitative estimate of drug-likeness (QED) is 0.450. The summed E-state index contributed by atoms with van der Waals surface area (Å²) >= 11 is 0. The second-order valence-electron chi connectivity index (χ2n) is 8.08. The van der Waals surface area contributed by atoms with Crippen LogP contribution in [0.5, 0.6) is 0 Å². The van der Waals surface area contributed by atoms with Crippen LogP contribution < -0.4 is 0 Å². The summed E-state index contributed by atoms with van der Waals surface area (Å²) in [5.41, 5.74) is 0. The maximum Gasteiger partial charge on any atom is 0.306 e. The van der Waals surface area contributed by atoms with Gasteiger partial charge in [-0.05, 0) is 43.4 Å². The third kappa shape index (κ3) is 11.3. The van der Waals surface area contributed by atoms with Crippen LogP contribution in [0.3, 0.4) is 0 Å². The lowest BCUT2D eigenvalue weighted by atomic mass is 9.90. The fourth-order valence-corrected chi connectivity index (χ4v) is 2.78. The lowest BCUT2D eigenvalue weighted by molar-refractivity contribution is -0.152. The predicted molar refractivity (Wildman–Crippen MR) is 96.3 cm³/mol. The SMILES string of the molecule is CC(C)CCC(OC(=O)CCCC(=O)C(C)C)C(C)CC(C)C. The van der Waals surface area contributed by atoms with Gasteiger partial charge in [-0.3, -0.25) is 9.59 Å². The zero-order chi connectivity index (χ0) is 18.0. The summed E-state index contributed by atoms with van der Waals surface area (Å²) < 4.78 is 5.76. The van der Waals surface area contributed by atoms with Gasteiger partial charge >= 0.3 is 5.97 Å². The summed E-state index contributed by atoms with van der Waals surface area (Å²) in [7, 11) is 0. The van der Waals surface area contributed by atoms with Crippen molar-refractivity contribution in [1.29, 1.82) is 0 Å². The molecule has 136 valence electrons. The molecule has 0 amide bonds. The van der Waals surface area contributed by atoms with Crippen molar-refractivity contribution < 1.29 is 14.3 Å². The summed E-state index contributed by atoms with van der Waals surface area (Å²) in [6, 6.07) is 0. The highest BCUT2D eigenvalue weighted by molar-refractivity contribution is 5.80. The van der Waals surface area contributed by atoms with Crippen LogP contribution in [-0.2, 0) is 14.3 Å². The van der Waals surface area contributed by atoms with E-state index in [1.54, 1.807) is 0 Å². The third-order valence-electron chi connectivity index (χ3n) is 4.24. The van der Waals surface area contributed by atoms with Crippen molar-refractivity contribution in [2.45, 2.75) is 93.1 Å². The first-order chi connectivity index (χ1) is 10.6. The maximum absolute atomic E-state index is 12.1. The smallest absolute Gasteiger partial charge is 0.306 e. The Bertz CT molecular complexity index is 345. The molecule has 0 saturated carbocycles. The van der Waals surface area contributed by atoms with Crippen molar-refractivity contribution in [3.8, 4) is 0 Å². The van der Waals surface area contributed by atoms with Gasteiger partial charge in [0.1, 0.15) is 11.9 Å². The second-order valence-corrected chi connectivity index (χ2v) is 8.08. The van der Waals surface area contributed by atoms with E-state index < -0.39 is 0 Å². The molecule has 0 fully saturated rings.